The van der Waals surface area contributed by atoms with Crippen molar-refractivity contribution in [3.8, 4) is 0 Å². The molecule has 20 heavy (non-hydrogen) atoms. The number of hydrogen-bond donors (Lipinski definition) is 2. The topological polar surface area (TPSA) is 84.2 Å². The van der Waals surface area contributed by atoms with E-state index in [9.17, 15) is 9.59 Å². The first kappa shape index (κ1) is 12.7. The molecule has 0 bridgehead atoms. The van der Waals surface area contributed by atoms with Gasteiger partial charge >= 0.3 is 5.97 Å². The van der Waals surface area contributed by atoms with E-state index in [0.717, 1.165) is 17.4 Å². The van der Waals surface area contributed by atoms with E-state index in [-0.39, 0.29) is 5.91 Å². The molecular formula is C14H15N3O3. The molecule has 3 rings (SSSR count). The molecule has 1 saturated carbocycles. The first-order valence-corrected chi connectivity index (χ1v) is 6.59. The van der Waals surface area contributed by atoms with Crippen LogP contribution in [0.5, 0.6) is 0 Å². The summed E-state index contributed by atoms with van der Waals surface area (Å²) in [5.74, 6) is -2.05. The third-order valence-corrected chi connectivity index (χ3v) is 3.66. The van der Waals surface area contributed by atoms with Crippen molar-refractivity contribution >= 4 is 28.5 Å². The lowest BCUT2D eigenvalue weighted by molar-refractivity contribution is -0.139. The number of amides is 1. The smallest absolute Gasteiger partial charge is 0.307 e. The number of nitrogens with one attached hydrogen (secondary N) is 1. The Labute approximate surface area is 115 Å². The molecule has 1 amide bonds. The SMILES string of the molecule is CCn1ncc2ccc(NC(=O)[C@H]3C[C@@H]3C(=O)O)cc21. The maximum atomic E-state index is 11.9. The Kier molecular flexibility index (Phi) is 2.93. The van der Waals surface area contributed by atoms with E-state index in [2.05, 4.69) is 10.4 Å². The monoisotopic (exact) mass is 273 g/mol. The van der Waals surface area contributed by atoms with Crippen LogP contribution < -0.4 is 5.32 Å². The fraction of sp³-hybridized carbons (Fsp3) is 0.357. The van der Waals surface area contributed by atoms with Gasteiger partial charge in [-0.3, -0.25) is 14.3 Å². The second kappa shape index (κ2) is 4.63. The molecule has 6 nitrogen and oxygen atoms in total. The Morgan fingerprint density at radius 3 is 2.90 bits per heavy atom. The van der Waals surface area contributed by atoms with Crippen LogP contribution in [0, 0.1) is 11.8 Å². The highest BCUT2D eigenvalue weighted by Gasteiger charge is 2.48. The third-order valence-electron chi connectivity index (χ3n) is 3.66. The zero-order valence-corrected chi connectivity index (χ0v) is 11.0. The molecule has 0 saturated heterocycles. The summed E-state index contributed by atoms with van der Waals surface area (Å²) in [6, 6.07) is 5.56. The number of benzene rings is 1. The number of hydrogen-bond acceptors (Lipinski definition) is 3. The van der Waals surface area contributed by atoms with Crippen LogP contribution in [0.4, 0.5) is 5.69 Å². The van der Waals surface area contributed by atoms with Gasteiger partial charge in [0.05, 0.1) is 23.5 Å². The predicted octanol–water partition coefficient (Wildman–Crippen LogP) is 1.72. The maximum absolute atomic E-state index is 11.9. The summed E-state index contributed by atoms with van der Waals surface area (Å²) in [5, 5.41) is 16.9. The summed E-state index contributed by atoms with van der Waals surface area (Å²) in [7, 11) is 0. The van der Waals surface area contributed by atoms with Gasteiger partial charge < -0.3 is 10.4 Å². The Bertz CT molecular complexity index is 692. The summed E-state index contributed by atoms with van der Waals surface area (Å²) in [5.41, 5.74) is 1.63. The molecule has 2 N–H and O–H groups in total. The van der Waals surface area contributed by atoms with Gasteiger partial charge in [0.1, 0.15) is 0 Å². The first-order valence-electron chi connectivity index (χ1n) is 6.59. The highest BCUT2D eigenvalue weighted by atomic mass is 16.4. The van der Waals surface area contributed by atoms with Gasteiger partial charge in [-0.1, -0.05) is 0 Å². The zero-order chi connectivity index (χ0) is 14.3. The zero-order valence-electron chi connectivity index (χ0n) is 11.0. The summed E-state index contributed by atoms with van der Waals surface area (Å²) >= 11 is 0. The lowest BCUT2D eigenvalue weighted by atomic mass is 10.2. The van der Waals surface area contributed by atoms with E-state index < -0.39 is 17.8 Å². The molecule has 6 heteroatoms. The van der Waals surface area contributed by atoms with Gasteiger partial charge in [0, 0.05) is 17.6 Å². The van der Waals surface area contributed by atoms with Crippen LogP contribution in [0.25, 0.3) is 10.9 Å². The molecule has 1 fully saturated rings. The molecule has 0 spiro atoms. The molecule has 2 aromatic rings. The van der Waals surface area contributed by atoms with Crippen molar-refractivity contribution in [1.82, 2.24) is 9.78 Å². The Hall–Kier alpha value is -2.37. The summed E-state index contributed by atoms with van der Waals surface area (Å²) < 4.78 is 1.85. The Balaban J connectivity index is 1.78. The van der Waals surface area contributed by atoms with E-state index in [4.69, 9.17) is 5.11 Å². The second-order valence-corrected chi connectivity index (χ2v) is 5.01. The minimum absolute atomic E-state index is 0.223. The number of nitrogens with zero attached hydrogens (tertiary/aromatic N) is 2. The summed E-state index contributed by atoms with van der Waals surface area (Å²) in [6.45, 7) is 2.75. The van der Waals surface area contributed by atoms with E-state index in [0.29, 0.717) is 12.1 Å². The number of aromatic nitrogens is 2. The molecule has 1 aliphatic rings. The minimum Gasteiger partial charge on any atom is -0.481 e. The standard InChI is InChI=1S/C14H15N3O3/c1-2-17-12-5-9(4-3-8(12)7-15-17)16-13(18)10-6-11(10)14(19)20/h3-5,7,10-11H,2,6H2,1H3,(H,16,18)(H,19,20)/t10-,11-/m0/s1. The fourth-order valence-electron chi connectivity index (χ4n) is 2.39. The fourth-order valence-corrected chi connectivity index (χ4v) is 2.39. The minimum atomic E-state index is -0.898. The highest BCUT2D eigenvalue weighted by molar-refractivity contribution is 5.99. The molecule has 0 radical (unpaired) electrons. The lowest BCUT2D eigenvalue weighted by Gasteiger charge is -2.05. The predicted molar refractivity (Wildman–Crippen MR) is 73.3 cm³/mol. The number of rotatable bonds is 4. The lowest BCUT2D eigenvalue weighted by Crippen LogP contribution is -2.16. The van der Waals surface area contributed by atoms with Gasteiger partial charge in [-0.15, -0.1) is 0 Å². The maximum Gasteiger partial charge on any atom is 0.307 e. The quantitative estimate of drug-likeness (QED) is 0.888. The van der Waals surface area contributed by atoms with Crippen molar-refractivity contribution in [1.29, 1.82) is 0 Å². The van der Waals surface area contributed by atoms with Crippen molar-refractivity contribution in [2.75, 3.05) is 5.32 Å². The van der Waals surface area contributed by atoms with Crippen molar-refractivity contribution in [3.05, 3.63) is 24.4 Å². The number of carboxylic acids is 1. The number of carboxylic acid groups (broad SMARTS) is 1. The molecule has 0 unspecified atom stereocenters. The van der Waals surface area contributed by atoms with Crippen molar-refractivity contribution in [2.45, 2.75) is 19.9 Å². The normalized spacial score (nSPS) is 20.9. The molecule has 2 atom stereocenters. The van der Waals surface area contributed by atoms with Gasteiger partial charge in [0.2, 0.25) is 5.91 Å². The molecular weight excluding hydrogens is 258 g/mol. The molecule has 1 aromatic carbocycles. The third kappa shape index (κ3) is 2.13. The number of carbonyl (C=O) groups is 2. The molecule has 0 aliphatic heterocycles. The van der Waals surface area contributed by atoms with Gasteiger partial charge in [-0.25, -0.2) is 0 Å². The van der Waals surface area contributed by atoms with Crippen LogP contribution in [0.1, 0.15) is 13.3 Å². The number of aliphatic carboxylic acids is 1. The molecule has 1 aromatic heterocycles. The molecule has 1 heterocycles. The highest BCUT2D eigenvalue weighted by Crippen LogP contribution is 2.39. The Morgan fingerprint density at radius 2 is 2.25 bits per heavy atom. The first-order chi connectivity index (χ1) is 9.60. The van der Waals surface area contributed by atoms with Crippen LogP contribution in [-0.2, 0) is 16.1 Å². The van der Waals surface area contributed by atoms with Gasteiger partial charge in [0.25, 0.3) is 0 Å². The molecule has 1 aliphatic carbocycles. The van der Waals surface area contributed by atoms with E-state index >= 15 is 0 Å². The van der Waals surface area contributed by atoms with Gasteiger partial charge in [-0.05, 0) is 31.5 Å². The van der Waals surface area contributed by atoms with Crippen molar-refractivity contribution < 1.29 is 14.7 Å². The number of fused-ring (bicyclic) bond motifs is 1. The number of aryl methyl sites for hydroxylation is 1. The van der Waals surface area contributed by atoms with Crippen LogP contribution in [-0.4, -0.2) is 26.8 Å². The average Bonchev–Trinajstić information content (AvgIpc) is 3.14. The van der Waals surface area contributed by atoms with E-state index in [1.807, 2.05) is 23.7 Å². The number of carbonyl (C=O) groups excluding carboxylic acids is 1. The van der Waals surface area contributed by atoms with Gasteiger partial charge in [0.15, 0.2) is 0 Å². The van der Waals surface area contributed by atoms with Crippen molar-refractivity contribution in [2.24, 2.45) is 11.8 Å². The van der Waals surface area contributed by atoms with Gasteiger partial charge in [-0.2, -0.15) is 5.10 Å². The summed E-state index contributed by atoms with van der Waals surface area (Å²) in [4.78, 5) is 22.7. The van der Waals surface area contributed by atoms with E-state index in [1.165, 1.54) is 0 Å². The van der Waals surface area contributed by atoms with Crippen LogP contribution in [0.2, 0.25) is 0 Å². The van der Waals surface area contributed by atoms with E-state index in [1.54, 1.807) is 12.3 Å². The van der Waals surface area contributed by atoms with Crippen molar-refractivity contribution in [3.63, 3.8) is 0 Å². The summed E-state index contributed by atoms with van der Waals surface area (Å²) in [6.07, 6.45) is 2.21. The second-order valence-electron chi connectivity index (χ2n) is 5.01. The average molecular weight is 273 g/mol. The Morgan fingerprint density at radius 1 is 1.45 bits per heavy atom. The van der Waals surface area contributed by atoms with Crippen LogP contribution >= 0.6 is 0 Å². The number of anilines is 1. The van der Waals surface area contributed by atoms with Crippen LogP contribution in [0.15, 0.2) is 24.4 Å². The van der Waals surface area contributed by atoms with Crippen LogP contribution in [0.3, 0.4) is 0 Å². The largest absolute Gasteiger partial charge is 0.481 e. The molecule has 104 valence electrons.